The van der Waals surface area contributed by atoms with Crippen LogP contribution in [0.2, 0.25) is 0 Å². The maximum atomic E-state index is 13.5. The highest BCUT2D eigenvalue weighted by atomic mass is 16.2. The number of aromatic amines is 1. The Morgan fingerprint density at radius 1 is 0.714 bits per heavy atom. The van der Waals surface area contributed by atoms with Gasteiger partial charge < -0.3 is 5.32 Å². The molecule has 0 saturated carbocycles. The Labute approximate surface area is 284 Å². The summed E-state index contributed by atoms with van der Waals surface area (Å²) < 4.78 is 2.25. The van der Waals surface area contributed by atoms with Crippen molar-refractivity contribution in [2.24, 2.45) is 0 Å². The number of amides is 1. The van der Waals surface area contributed by atoms with Crippen molar-refractivity contribution in [2.75, 3.05) is 0 Å². The summed E-state index contributed by atoms with van der Waals surface area (Å²) in [5.74, 6) is -0.174. The number of hydrogen-bond donors (Lipinski definition) is 2. The molecule has 8 aromatic rings. The molecule has 1 atom stereocenters. The minimum absolute atomic E-state index is 0.141. The second-order valence-corrected chi connectivity index (χ2v) is 12.3. The lowest BCUT2D eigenvalue weighted by Crippen LogP contribution is -2.38. The Morgan fingerprint density at radius 2 is 1.24 bits per heavy atom. The van der Waals surface area contributed by atoms with Gasteiger partial charge in [0.05, 0.1) is 28.3 Å². The highest BCUT2D eigenvalue weighted by molar-refractivity contribution is 6.03. The Balaban J connectivity index is 1.40. The summed E-state index contributed by atoms with van der Waals surface area (Å²) in [5.41, 5.74) is 8.48. The van der Waals surface area contributed by atoms with E-state index in [1.54, 1.807) is 0 Å². The topological polar surface area (TPSA) is 88.5 Å². The maximum Gasteiger partial charge on any atom is 0.289 e. The summed E-state index contributed by atoms with van der Waals surface area (Å²) in [4.78, 5) is 27.5. The number of imidazole rings is 1. The molecule has 0 aliphatic rings. The Kier molecular flexibility index (Phi) is 7.57. The smallest absolute Gasteiger partial charge is 0.289 e. The number of benzene rings is 5. The molecule has 3 aromatic heterocycles. The van der Waals surface area contributed by atoms with Gasteiger partial charge >= 0.3 is 0 Å². The average Bonchev–Trinajstić information content (AvgIpc) is 3.74. The van der Waals surface area contributed by atoms with Gasteiger partial charge in [0, 0.05) is 22.8 Å². The number of nitrogens with zero attached hydrogens (tertiary/aromatic N) is 4. The van der Waals surface area contributed by atoms with Gasteiger partial charge in [-0.25, -0.2) is 9.97 Å². The van der Waals surface area contributed by atoms with Crippen molar-refractivity contribution in [1.29, 1.82) is 0 Å². The minimum Gasteiger partial charge on any atom is -0.343 e. The summed E-state index contributed by atoms with van der Waals surface area (Å²) in [7, 11) is 0. The number of rotatable bonds is 8. The summed E-state index contributed by atoms with van der Waals surface area (Å²) in [6.45, 7) is 3.95. The zero-order valence-corrected chi connectivity index (χ0v) is 27.2. The van der Waals surface area contributed by atoms with Crippen molar-refractivity contribution in [3.8, 4) is 11.3 Å². The summed E-state index contributed by atoms with van der Waals surface area (Å²) >= 11 is 0. The van der Waals surface area contributed by atoms with E-state index in [1.807, 2.05) is 86.8 Å². The molecule has 0 radical (unpaired) electrons. The lowest BCUT2D eigenvalue weighted by molar-refractivity contribution is 0.0930. The van der Waals surface area contributed by atoms with Gasteiger partial charge in [0.1, 0.15) is 5.54 Å². The largest absolute Gasteiger partial charge is 0.343 e. The van der Waals surface area contributed by atoms with E-state index in [0.717, 1.165) is 50.1 Å². The number of nitrogens with one attached hydrogen (secondary N) is 2. The average molecular weight is 639 g/mol. The van der Waals surface area contributed by atoms with Crippen LogP contribution in [0.3, 0.4) is 0 Å². The molecule has 8 rings (SSSR count). The zero-order chi connectivity index (χ0) is 33.4. The number of H-pyrrole nitrogens is 1. The van der Waals surface area contributed by atoms with Crippen LogP contribution in [0.4, 0.5) is 0 Å². The maximum absolute atomic E-state index is 13.5. The number of aromatic nitrogens is 5. The molecule has 238 valence electrons. The quantitative estimate of drug-likeness (QED) is 0.163. The number of hydrogen-bond acceptors (Lipinski definition) is 4. The Hall–Kier alpha value is -6.34. The first-order valence-electron chi connectivity index (χ1n) is 16.4. The fourth-order valence-electron chi connectivity index (χ4n) is 6.91. The third kappa shape index (κ3) is 5.26. The van der Waals surface area contributed by atoms with E-state index in [4.69, 9.17) is 9.97 Å². The number of aryl methyl sites for hydroxylation is 1. The number of carbonyl (C=O) groups is 1. The Bertz CT molecular complexity index is 2300. The molecule has 2 N–H and O–H groups in total. The third-order valence-electron chi connectivity index (χ3n) is 9.23. The van der Waals surface area contributed by atoms with Crippen LogP contribution in [-0.2, 0) is 5.54 Å². The molecule has 0 saturated heterocycles. The van der Waals surface area contributed by atoms with Gasteiger partial charge in [-0.3, -0.25) is 19.6 Å². The molecule has 1 amide bonds. The molecular weight excluding hydrogens is 605 g/mol. The molecule has 0 spiro atoms. The second-order valence-electron chi connectivity index (χ2n) is 12.3. The predicted octanol–water partition coefficient (Wildman–Crippen LogP) is 8.61. The van der Waals surface area contributed by atoms with E-state index in [1.165, 1.54) is 0 Å². The van der Waals surface area contributed by atoms with E-state index in [-0.39, 0.29) is 17.8 Å². The fraction of sp³-hybridized carbons (Fsp3) is 0.0952. The second kappa shape index (κ2) is 12.4. The molecular formula is C42H34N6O. The Morgan fingerprint density at radius 3 is 1.80 bits per heavy atom. The molecule has 3 heterocycles. The lowest BCUT2D eigenvalue weighted by atomic mass is 9.77. The first kappa shape index (κ1) is 30.0. The van der Waals surface area contributed by atoms with E-state index in [9.17, 15) is 4.79 Å². The first-order chi connectivity index (χ1) is 24.0. The molecule has 0 aliphatic heterocycles. The van der Waals surface area contributed by atoms with Gasteiger partial charge in [-0.1, -0.05) is 121 Å². The monoisotopic (exact) mass is 638 g/mol. The minimum atomic E-state index is -0.804. The van der Waals surface area contributed by atoms with Crippen LogP contribution in [0.15, 0.2) is 152 Å². The van der Waals surface area contributed by atoms with Crippen molar-refractivity contribution in [1.82, 2.24) is 30.0 Å². The first-order valence-corrected chi connectivity index (χ1v) is 16.4. The van der Waals surface area contributed by atoms with Crippen molar-refractivity contribution >= 4 is 27.8 Å². The van der Waals surface area contributed by atoms with Crippen LogP contribution in [0.25, 0.3) is 33.2 Å². The van der Waals surface area contributed by atoms with Crippen LogP contribution in [0, 0.1) is 6.92 Å². The van der Waals surface area contributed by atoms with Crippen LogP contribution in [-0.4, -0.2) is 30.6 Å². The predicted molar refractivity (Wildman–Crippen MR) is 194 cm³/mol. The van der Waals surface area contributed by atoms with Crippen molar-refractivity contribution in [2.45, 2.75) is 25.4 Å². The molecule has 7 nitrogen and oxygen atoms in total. The highest BCUT2D eigenvalue weighted by Gasteiger charge is 2.40. The molecule has 7 heteroatoms. The number of pyridine rings is 1. The van der Waals surface area contributed by atoms with E-state index < -0.39 is 5.54 Å². The van der Waals surface area contributed by atoms with Crippen LogP contribution < -0.4 is 5.32 Å². The van der Waals surface area contributed by atoms with E-state index >= 15 is 0 Å². The molecule has 0 fully saturated rings. The SMILES string of the molecule is Cc1cc(-c2[nH]n(C(c3ccccc3)(c3ccccc3)c3ccccc3)c3cc4nc(C(=O)N[C@H](C)c5ccccc5)nc4cc23)ccn1. The van der Waals surface area contributed by atoms with Gasteiger partial charge in [-0.15, -0.1) is 0 Å². The summed E-state index contributed by atoms with van der Waals surface area (Å²) in [5, 5.41) is 7.89. The van der Waals surface area contributed by atoms with Gasteiger partial charge in [0.15, 0.2) is 0 Å². The van der Waals surface area contributed by atoms with Crippen molar-refractivity contribution in [3.63, 3.8) is 0 Å². The summed E-state index contributed by atoms with van der Waals surface area (Å²) in [6, 6.07) is 49.5. The van der Waals surface area contributed by atoms with E-state index in [0.29, 0.717) is 11.0 Å². The molecule has 0 bridgehead atoms. The number of carbonyl (C=O) groups excluding carboxylic acids is 1. The third-order valence-corrected chi connectivity index (χ3v) is 9.23. The van der Waals surface area contributed by atoms with Crippen LogP contribution in [0.5, 0.6) is 0 Å². The van der Waals surface area contributed by atoms with Crippen LogP contribution >= 0.6 is 0 Å². The lowest BCUT2D eigenvalue weighted by Gasteiger charge is -2.37. The van der Waals surface area contributed by atoms with Gasteiger partial charge in [-0.05, 0) is 60.4 Å². The molecule has 0 aliphatic carbocycles. The highest BCUT2D eigenvalue weighted by Crippen LogP contribution is 2.44. The summed E-state index contributed by atoms with van der Waals surface area (Å²) in [6.07, 6.45) is 1.83. The zero-order valence-electron chi connectivity index (χ0n) is 27.2. The standard InChI is InChI=1S/C42H34N6O/c1-28-25-31(23-24-43-28)39-35-26-36-37(46-40(45-36)41(49)44-29(2)30-15-7-3-8-16-30)27-38(35)48(47-39)42(32-17-9-4-10-18-32,33-19-11-5-12-20-33)34-21-13-6-14-22-34/h3-27,29,47H,1-2H3,(H,44,49)/t29-/m1/s1. The normalized spacial score (nSPS) is 12.3. The van der Waals surface area contributed by atoms with Gasteiger partial charge in [-0.2, -0.15) is 0 Å². The van der Waals surface area contributed by atoms with Gasteiger partial charge in [0.2, 0.25) is 5.82 Å². The molecule has 0 unspecified atom stereocenters. The van der Waals surface area contributed by atoms with E-state index in [2.05, 4.69) is 98.9 Å². The van der Waals surface area contributed by atoms with Gasteiger partial charge in [0.25, 0.3) is 5.91 Å². The van der Waals surface area contributed by atoms with Crippen molar-refractivity contribution in [3.05, 3.63) is 186 Å². The molecule has 5 aromatic carbocycles. The molecule has 49 heavy (non-hydrogen) atoms. The fourth-order valence-corrected chi connectivity index (χ4v) is 6.91. The van der Waals surface area contributed by atoms with Crippen molar-refractivity contribution < 1.29 is 4.79 Å². The number of fused-ring (bicyclic) bond motifs is 2. The van der Waals surface area contributed by atoms with Crippen LogP contribution in [0.1, 0.15) is 51.5 Å².